The fraction of sp³-hybridized carbons (Fsp3) is 0. The minimum Gasteiger partial charge on any atom is -0.265 e. The van der Waals surface area contributed by atoms with Crippen molar-refractivity contribution in [2.75, 3.05) is 0 Å². The molecule has 0 spiro atoms. The van der Waals surface area contributed by atoms with Crippen LogP contribution in [0.1, 0.15) is 5.56 Å². The lowest BCUT2D eigenvalue weighted by molar-refractivity contribution is 0.588. The van der Waals surface area contributed by atoms with Crippen LogP contribution in [0, 0.1) is 17.3 Å². The van der Waals surface area contributed by atoms with Gasteiger partial charge in [-0.1, -0.05) is 6.07 Å². The van der Waals surface area contributed by atoms with Crippen molar-refractivity contribution >= 4 is 10.9 Å². The quantitative estimate of drug-likeness (QED) is 0.622. The van der Waals surface area contributed by atoms with Crippen molar-refractivity contribution in [1.82, 2.24) is 9.97 Å². The molecule has 3 rings (SSSR count). The Kier molecular flexibility index (Phi) is 2.66. The third-order valence-corrected chi connectivity index (χ3v) is 2.91. The lowest BCUT2D eigenvalue weighted by Gasteiger charge is -2.05. The Balaban J connectivity index is 2.27. The number of halogens is 1. The minimum atomic E-state index is -0.638. The van der Waals surface area contributed by atoms with Gasteiger partial charge in [0.15, 0.2) is 0 Å². The van der Waals surface area contributed by atoms with Gasteiger partial charge < -0.3 is 0 Å². The second-order valence-corrected chi connectivity index (χ2v) is 4.07. The first-order valence-corrected chi connectivity index (χ1v) is 5.69. The number of nitrogens with zero attached hydrogens (tertiary/aromatic N) is 3. The molecule has 4 heteroatoms. The van der Waals surface area contributed by atoms with E-state index in [0.29, 0.717) is 16.5 Å². The molecule has 0 bridgehead atoms. The maximum Gasteiger partial charge on any atom is 0.214 e. The summed E-state index contributed by atoms with van der Waals surface area (Å²) in [6, 6.07) is 12.3. The first kappa shape index (κ1) is 11.3. The van der Waals surface area contributed by atoms with Crippen LogP contribution in [0.15, 0.2) is 48.8 Å². The molecule has 0 radical (unpaired) electrons. The van der Waals surface area contributed by atoms with Gasteiger partial charge >= 0.3 is 0 Å². The molecule has 0 aliphatic heterocycles. The normalized spacial score (nSPS) is 10.3. The van der Waals surface area contributed by atoms with Gasteiger partial charge in [0.2, 0.25) is 5.95 Å². The smallest absolute Gasteiger partial charge is 0.214 e. The Hall–Kier alpha value is -2.80. The van der Waals surface area contributed by atoms with Gasteiger partial charge in [0, 0.05) is 23.8 Å². The maximum atomic E-state index is 13.2. The van der Waals surface area contributed by atoms with Gasteiger partial charge in [-0.2, -0.15) is 9.65 Å². The van der Waals surface area contributed by atoms with Crippen molar-refractivity contribution in [1.29, 1.82) is 5.26 Å². The van der Waals surface area contributed by atoms with Gasteiger partial charge in [0.25, 0.3) is 0 Å². The lowest BCUT2D eigenvalue weighted by atomic mass is 10.0. The number of hydrogen-bond donors (Lipinski definition) is 0. The molecule has 0 saturated heterocycles. The van der Waals surface area contributed by atoms with Crippen LogP contribution in [0.5, 0.6) is 0 Å². The number of nitriles is 1. The summed E-state index contributed by atoms with van der Waals surface area (Å²) in [6.07, 6.45) is 3.40. The largest absolute Gasteiger partial charge is 0.265 e. The molecule has 0 amide bonds. The van der Waals surface area contributed by atoms with Crippen LogP contribution in [0.25, 0.3) is 22.0 Å². The summed E-state index contributed by atoms with van der Waals surface area (Å²) in [4.78, 5) is 7.75. The zero-order valence-electron chi connectivity index (χ0n) is 9.84. The van der Waals surface area contributed by atoms with Crippen molar-refractivity contribution < 1.29 is 4.39 Å². The zero-order valence-corrected chi connectivity index (χ0v) is 9.84. The van der Waals surface area contributed by atoms with E-state index in [2.05, 4.69) is 9.97 Å². The van der Waals surface area contributed by atoms with Crippen LogP contribution in [0.4, 0.5) is 4.39 Å². The number of pyridine rings is 2. The van der Waals surface area contributed by atoms with Crippen molar-refractivity contribution in [3.8, 4) is 17.2 Å². The van der Waals surface area contributed by atoms with Crippen LogP contribution in [-0.2, 0) is 0 Å². The summed E-state index contributed by atoms with van der Waals surface area (Å²) in [5.41, 5.74) is 2.71. The molecular weight excluding hydrogens is 241 g/mol. The molecular formula is C15H8FN3. The van der Waals surface area contributed by atoms with Crippen molar-refractivity contribution in [3.05, 3.63) is 60.3 Å². The highest BCUT2D eigenvalue weighted by atomic mass is 19.1. The van der Waals surface area contributed by atoms with Crippen LogP contribution in [-0.4, -0.2) is 9.97 Å². The molecule has 0 aliphatic rings. The van der Waals surface area contributed by atoms with Gasteiger partial charge in [-0.05, 0) is 35.4 Å². The average molecular weight is 249 g/mol. The third-order valence-electron chi connectivity index (χ3n) is 2.91. The van der Waals surface area contributed by atoms with Gasteiger partial charge in [0.05, 0.1) is 17.1 Å². The molecule has 3 aromatic rings. The highest BCUT2D eigenvalue weighted by molar-refractivity contribution is 5.88. The van der Waals surface area contributed by atoms with Crippen molar-refractivity contribution in [2.45, 2.75) is 0 Å². The molecule has 2 aromatic heterocycles. The molecule has 0 unspecified atom stereocenters. The number of rotatable bonds is 1. The summed E-state index contributed by atoms with van der Waals surface area (Å²) in [6.45, 7) is 0. The predicted octanol–water partition coefficient (Wildman–Crippen LogP) is 3.31. The molecule has 0 aliphatic carbocycles. The Bertz CT molecular complexity index is 792. The number of hydrogen-bond acceptors (Lipinski definition) is 3. The Morgan fingerprint density at radius 3 is 2.53 bits per heavy atom. The first-order chi connectivity index (χ1) is 9.28. The van der Waals surface area contributed by atoms with E-state index in [0.717, 1.165) is 17.2 Å². The Morgan fingerprint density at radius 1 is 1.00 bits per heavy atom. The molecule has 19 heavy (non-hydrogen) atoms. The van der Waals surface area contributed by atoms with E-state index in [4.69, 9.17) is 5.26 Å². The van der Waals surface area contributed by atoms with Gasteiger partial charge in [-0.15, -0.1) is 0 Å². The second-order valence-electron chi connectivity index (χ2n) is 4.07. The SMILES string of the molecule is N#Cc1cc(F)nc2ccc(-c3ccncc3)cc12. The minimum absolute atomic E-state index is 0.290. The molecule has 0 atom stereocenters. The van der Waals surface area contributed by atoms with Gasteiger partial charge in [-0.25, -0.2) is 4.98 Å². The zero-order chi connectivity index (χ0) is 13.2. The molecule has 1 aromatic carbocycles. The molecule has 0 fully saturated rings. The van der Waals surface area contributed by atoms with Crippen LogP contribution in [0.3, 0.4) is 0 Å². The average Bonchev–Trinajstić information content (AvgIpc) is 2.46. The van der Waals surface area contributed by atoms with Crippen molar-refractivity contribution in [3.63, 3.8) is 0 Å². The molecule has 0 saturated carbocycles. The fourth-order valence-corrected chi connectivity index (χ4v) is 2.01. The van der Waals surface area contributed by atoms with E-state index < -0.39 is 5.95 Å². The van der Waals surface area contributed by atoms with E-state index in [1.807, 2.05) is 30.3 Å². The van der Waals surface area contributed by atoms with Gasteiger partial charge in [0.1, 0.15) is 0 Å². The first-order valence-electron chi connectivity index (χ1n) is 5.69. The molecule has 90 valence electrons. The highest BCUT2D eigenvalue weighted by Gasteiger charge is 2.07. The second kappa shape index (κ2) is 4.46. The van der Waals surface area contributed by atoms with E-state index in [9.17, 15) is 4.39 Å². The lowest BCUT2D eigenvalue weighted by Crippen LogP contribution is -1.90. The molecule has 2 heterocycles. The summed E-state index contributed by atoms with van der Waals surface area (Å²) in [5, 5.41) is 9.72. The summed E-state index contributed by atoms with van der Waals surface area (Å²) < 4.78 is 13.2. The highest BCUT2D eigenvalue weighted by Crippen LogP contribution is 2.25. The third kappa shape index (κ3) is 2.02. The van der Waals surface area contributed by atoms with E-state index in [-0.39, 0.29) is 0 Å². The number of fused-ring (bicyclic) bond motifs is 1. The summed E-state index contributed by atoms with van der Waals surface area (Å²) in [7, 11) is 0. The van der Waals surface area contributed by atoms with Crippen molar-refractivity contribution in [2.24, 2.45) is 0 Å². The van der Waals surface area contributed by atoms with Crippen LogP contribution < -0.4 is 0 Å². The molecule has 3 nitrogen and oxygen atoms in total. The Labute approximate surface area is 109 Å². The fourth-order valence-electron chi connectivity index (χ4n) is 2.01. The number of benzene rings is 1. The number of aromatic nitrogens is 2. The topological polar surface area (TPSA) is 49.6 Å². The summed E-state index contributed by atoms with van der Waals surface area (Å²) >= 11 is 0. The summed E-state index contributed by atoms with van der Waals surface area (Å²) in [5.74, 6) is -0.638. The molecule has 0 N–H and O–H groups in total. The van der Waals surface area contributed by atoms with E-state index >= 15 is 0 Å². The van der Waals surface area contributed by atoms with E-state index in [1.165, 1.54) is 0 Å². The standard InChI is InChI=1S/C15H8FN3/c16-15-8-12(9-17)13-7-11(1-2-14(13)19-15)10-3-5-18-6-4-10/h1-8H. The van der Waals surface area contributed by atoms with Gasteiger partial charge in [-0.3, -0.25) is 4.98 Å². The Morgan fingerprint density at radius 2 is 1.79 bits per heavy atom. The van der Waals surface area contributed by atoms with Crippen LogP contribution in [0.2, 0.25) is 0 Å². The maximum absolute atomic E-state index is 13.2. The van der Waals surface area contributed by atoms with E-state index in [1.54, 1.807) is 18.5 Å². The van der Waals surface area contributed by atoms with Crippen LogP contribution >= 0.6 is 0 Å². The predicted molar refractivity (Wildman–Crippen MR) is 69.6 cm³/mol. The monoisotopic (exact) mass is 249 g/mol.